The second kappa shape index (κ2) is 4.13. The molecule has 1 rings (SSSR count). The molecule has 4 nitrogen and oxygen atoms in total. The molecule has 0 amide bonds. The molecule has 0 saturated carbocycles. The van der Waals surface area contributed by atoms with Crippen molar-refractivity contribution in [2.75, 3.05) is 0 Å². The number of carbonyl (C=O) groups is 1. The van der Waals surface area contributed by atoms with E-state index in [-0.39, 0.29) is 17.7 Å². The van der Waals surface area contributed by atoms with Crippen LogP contribution >= 0.6 is 12.6 Å². The topological polar surface area (TPSA) is 87.1 Å². The predicted molar refractivity (Wildman–Crippen MR) is 53.3 cm³/mol. The molecule has 0 aliphatic carbocycles. The molecule has 3 N–H and O–H groups in total. The number of nitrogens with two attached hydrogens (primary N) is 1. The fourth-order valence-corrected chi connectivity index (χ4v) is 1.47. The van der Waals surface area contributed by atoms with Gasteiger partial charge in [0.15, 0.2) is 0 Å². The number of carboxylic acids is 1. The molecule has 0 aliphatic rings. The Kier molecular flexibility index (Phi) is 3.12. The normalized spacial score (nSPS) is 9.50. The van der Waals surface area contributed by atoms with Crippen LogP contribution in [0.4, 0.5) is 0 Å². The second-order valence-corrected chi connectivity index (χ2v) is 3.16. The van der Waals surface area contributed by atoms with Crippen molar-refractivity contribution in [3.63, 3.8) is 0 Å². The summed E-state index contributed by atoms with van der Waals surface area (Å²) in [6.45, 7) is 0.0741. The molecule has 14 heavy (non-hydrogen) atoms. The number of nitriles is 1. The number of benzene rings is 1. The number of aromatic carboxylic acids is 1. The average Bonchev–Trinajstić information content (AvgIpc) is 2.15. The number of hydrogen-bond acceptors (Lipinski definition) is 4. The van der Waals surface area contributed by atoms with E-state index in [1.54, 1.807) is 6.07 Å². The Labute approximate surface area is 86.4 Å². The van der Waals surface area contributed by atoms with E-state index in [1.165, 1.54) is 6.07 Å². The monoisotopic (exact) mass is 208 g/mol. The largest absolute Gasteiger partial charge is 0.478 e. The lowest BCUT2D eigenvalue weighted by atomic mass is 10.0. The first kappa shape index (κ1) is 10.6. The first-order valence-electron chi connectivity index (χ1n) is 3.79. The maximum atomic E-state index is 10.8. The number of rotatable bonds is 2. The minimum atomic E-state index is -1.14. The first-order valence-corrected chi connectivity index (χ1v) is 4.24. The number of carboxylic acid groups (broad SMARTS) is 1. The molecule has 0 heterocycles. The molecule has 1 aromatic rings. The van der Waals surface area contributed by atoms with Crippen LogP contribution in [0.15, 0.2) is 17.0 Å². The molecule has 0 unspecified atom stereocenters. The van der Waals surface area contributed by atoms with E-state index in [0.29, 0.717) is 10.5 Å². The first-order chi connectivity index (χ1) is 6.60. The summed E-state index contributed by atoms with van der Waals surface area (Å²) in [5, 5.41) is 17.6. The summed E-state index contributed by atoms with van der Waals surface area (Å²) in [7, 11) is 0. The van der Waals surface area contributed by atoms with Crippen molar-refractivity contribution in [1.29, 1.82) is 5.26 Å². The average molecular weight is 208 g/mol. The Morgan fingerprint density at radius 1 is 1.64 bits per heavy atom. The van der Waals surface area contributed by atoms with Crippen molar-refractivity contribution in [2.45, 2.75) is 11.4 Å². The van der Waals surface area contributed by atoms with Gasteiger partial charge in [-0.3, -0.25) is 0 Å². The predicted octanol–water partition coefficient (Wildman–Crippen LogP) is 1.00. The van der Waals surface area contributed by atoms with Gasteiger partial charge >= 0.3 is 5.97 Å². The zero-order valence-corrected chi connectivity index (χ0v) is 8.08. The van der Waals surface area contributed by atoms with Crippen LogP contribution in [0.25, 0.3) is 0 Å². The fourth-order valence-electron chi connectivity index (χ4n) is 1.19. The van der Waals surface area contributed by atoms with Gasteiger partial charge in [-0.15, -0.1) is 12.6 Å². The summed E-state index contributed by atoms with van der Waals surface area (Å²) >= 11 is 4.05. The molecule has 0 bridgehead atoms. The van der Waals surface area contributed by atoms with E-state index < -0.39 is 5.97 Å². The van der Waals surface area contributed by atoms with Crippen LogP contribution in [0.3, 0.4) is 0 Å². The third-order valence-electron chi connectivity index (χ3n) is 1.76. The number of thiol groups is 1. The Morgan fingerprint density at radius 2 is 2.29 bits per heavy atom. The molecule has 72 valence electrons. The van der Waals surface area contributed by atoms with Gasteiger partial charge in [0.05, 0.1) is 11.1 Å². The molecule has 0 atom stereocenters. The summed E-state index contributed by atoms with van der Waals surface area (Å²) in [5.74, 6) is -1.14. The highest BCUT2D eigenvalue weighted by Crippen LogP contribution is 2.19. The molecular weight excluding hydrogens is 200 g/mol. The summed E-state index contributed by atoms with van der Waals surface area (Å²) in [4.78, 5) is 11.4. The second-order valence-electron chi connectivity index (χ2n) is 2.65. The van der Waals surface area contributed by atoms with E-state index >= 15 is 0 Å². The van der Waals surface area contributed by atoms with E-state index in [1.807, 2.05) is 6.07 Å². The maximum Gasteiger partial charge on any atom is 0.337 e. The minimum absolute atomic E-state index is 0.0344. The lowest BCUT2D eigenvalue weighted by Crippen LogP contribution is -2.09. The van der Waals surface area contributed by atoms with Crippen LogP contribution in [0.5, 0.6) is 0 Å². The van der Waals surface area contributed by atoms with Crippen LogP contribution in [0, 0.1) is 11.3 Å². The Hall–Kier alpha value is -1.51. The van der Waals surface area contributed by atoms with Gasteiger partial charge in [0.25, 0.3) is 0 Å². The fraction of sp³-hybridized carbons (Fsp3) is 0.111. The lowest BCUT2D eigenvalue weighted by Gasteiger charge is -2.06. The van der Waals surface area contributed by atoms with E-state index in [9.17, 15) is 4.79 Å². The van der Waals surface area contributed by atoms with E-state index in [2.05, 4.69) is 12.6 Å². The van der Waals surface area contributed by atoms with Gasteiger partial charge in [-0.05, 0) is 17.7 Å². The van der Waals surface area contributed by atoms with Crippen LogP contribution in [0.2, 0.25) is 0 Å². The zero-order chi connectivity index (χ0) is 10.7. The minimum Gasteiger partial charge on any atom is -0.478 e. The van der Waals surface area contributed by atoms with E-state index in [4.69, 9.17) is 16.1 Å². The zero-order valence-electron chi connectivity index (χ0n) is 7.19. The number of hydrogen-bond donors (Lipinski definition) is 3. The molecule has 0 aromatic heterocycles. The van der Waals surface area contributed by atoms with Crippen LogP contribution in [-0.2, 0) is 6.54 Å². The number of nitrogens with zero attached hydrogens (tertiary/aromatic N) is 1. The third-order valence-corrected chi connectivity index (χ3v) is 2.02. The summed E-state index contributed by atoms with van der Waals surface area (Å²) in [5.41, 5.74) is 5.85. The van der Waals surface area contributed by atoms with Crippen LogP contribution in [-0.4, -0.2) is 11.1 Å². The smallest absolute Gasteiger partial charge is 0.337 e. The standard InChI is InChI=1S/C9H8N2O2S/c10-3-5-1-7(14)2-6(4-11)8(5)9(12)13/h1-2,14H,3,10H2,(H,12,13). The highest BCUT2D eigenvalue weighted by atomic mass is 32.1. The van der Waals surface area contributed by atoms with Gasteiger partial charge in [-0.25, -0.2) is 4.79 Å². The van der Waals surface area contributed by atoms with E-state index in [0.717, 1.165) is 0 Å². The highest BCUT2D eigenvalue weighted by molar-refractivity contribution is 7.80. The Bertz CT molecular complexity index is 424. The van der Waals surface area contributed by atoms with Gasteiger partial charge in [-0.2, -0.15) is 5.26 Å². The van der Waals surface area contributed by atoms with Gasteiger partial charge in [-0.1, -0.05) is 0 Å². The van der Waals surface area contributed by atoms with Crippen molar-refractivity contribution < 1.29 is 9.90 Å². The molecule has 5 heteroatoms. The van der Waals surface area contributed by atoms with Gasteiger partial charge in [0, 0.05) is 11.4 Å². The molecule has 0 fully saturated rings. The maximum absolute atomic E-state index is 10.8. The molecule has 0 aliphatic heterocycles. The third kappa shape index (κ3) is 1.87. The van der Waals surface area contributed by atoms with Gasteiger partial charge in [0.2, 0.25) is 0 Å². The summed E-state index contributed by atoms with van der Waals surface area (Å²) in [6.07, 6.45) is 0. The Morgan fingerprint density at radius 3 is 2.71 bits per heavy atom. The summed E-state index contributed by atoms with van der Waals surface area (Å²) in [6, 6.07) is 4.76. The van der Waals surface area contributed by atoms with Crippen molar-refractivity contribution in [2.24, 2.45) is 5.73 Å². The lowest BCUT2D eigenvalue weighted by molar-refractivity contribution is 0.0695. The quantitative estimate of drug-likeness (QED) is 0.633. The van der Waals surface area contributed by atoms with Crippen LogP contribution in [0.1, 0.15) is 21.5 Å². The highest BCUT2D eigenvalue weighted by Gasteiger charge is 2.15. The Balaban J connectivity index is 3.50. The van der Waals surface area contributed by atoms with Crippen molar-refractivity contribution in [3.05, 3.63) is 28.8 Å². The molecule has 1 aromatic carbocycles. The SMILES string of the molecule is N#Cc1cc(S)cc(CN)c1C(=O)O. The molecule has 0 saturated heterocycles. The van der Waals surface area contributed by atoms with Gasteiger partial charge in [0.1, 0.15) is 6.07 Å². The van der Waals surface area contributed by atoms with Crippen molar-refractivity contribution >= 4 is 18.6 Å². The summed E-state index contributed by atoms with van der Waals surface area (Å²) < 4.78 is 0. The van der Waals surface area contributed by atoms with Crippen molar-refractivity contribution in [3.8, 4) is 6.07 Å². The molecular formula is C9H8N2O2S. The van der Waals surface area contributed by atoms with Gasteiger partial charge < -0.3 is 10.8 Å². The molecule has 0 spiro atoms. The molecule has 0 radical (unpaired) electrons. The van der Waals surface area contributed by atoms with Crippen LogP contribution < -0.4 is 5.73 Å². The van der Waals surface area contributed by atoms with Crippen molar-refractivity contribution in [1.82, 2.24) is 0 Å².